The highest BCUT2D eigenvalue weighted by Crippen LogP contribution is 2.23. The molecule has 0 radical (unpaired) electrons. The monoisotopic (exact) mass is 235 g/mol. The Bertz CT molecular complexity index is 334. The number of hydrogen-bond acceptors (Lipinski definition) is 4. The second-order valence-electron chi connectivity index (χ2n) is 4.75. The summed E-state index contributed by atoms with van der Waals surface area (Å²) in [5, 5.41) is 0. The van der Waals surface area contributed by atoms with Crippen LogP contribution in [-0.4, -0.2) is 41.7 Å². The third-order valence-electron chi connectivity index (χ3n) is 3.18. The molecule has 1 saturated heterocycles. The Morgan fingerprint density at radius 1 is 1.47 bits per heavy atom. The van der Waals surface area contributed by atoms with Gasteiger partial charge in [-0.1, -0.05) is 6.07 Å². The van der Waals surface area contributed by atoms with E-state index < -0.39 is 0 Å². The van der Waals surface area contributed by atoms with Gasteiger partial charge in [0.15, 0.2) is 0 Å². The molecular formula is C13H21N3O. The van der Waals surface area contributed by atoms with Crippen LogP contribution in [0.5, 0.6) is 0 Å². The van der Waals surface area contributed by atoms with Crippen LogP contribution in [0, 0.1) is 0 Å². The maximum absolute atomic E-state index is 5.92. The molecule has 2 heterocycles. The van der Waals surface area contributed by atoms with E-state index in [4.69, 9.17) is 10.5 Å². The smallest absolute Gasteiger partial charge is 0.0678 e. The molecule has 1 aromatic heterocycles. The van der Waals surface area contributed by atoms with Crippen molar-refractivity contribution in [1.82, 2.24) is 9.88 Å². The molecule has 0 bridgehead atoms. The number of morpholine rings is 1. The zero-order valence-electron chi connectivity index (χ0n) is 10.5. The van der Waals surface area contributed by atoms with Gasteiger partial charge in [0, 0.05) is 38.1 Å². The standard InChI is InChI=1S/C13H21N3O/c1-10-8-16(9-11(2)17-10)13(6-14)12-4-3-5-15-7-12/h3-5,7,10-11,13H,6,8-9,14H2,1-2H3. The quantitative estimate of drug-likeness (QED) is 0.855. The summed E-state index contributed by atoms with van der Waals surface area (Å²) in [4.78, 5) is 6.57. The summed E-state index contributed by atoms with van der Waals surface area (Å²) in [6.45, 7) is 6.70. The molecule has 94 valence electrons. The lowest BCUT2D eigenvalue weighted by molar-refractivity contribution is -0.0799. The van der Waals surface area contributed by atoms with E-state index in [1.165, 1.54) is 5.56 Å². The topological polar surface area (TPSA) is 51.4 Å². The Morgan fingerprint density at radius 2 is 2.18 bits per heavy atom. The fraction of sp³-hybridized carbons (Fsp3) is 0.615. The van der Waals surface area contributed by atoms with Gasteiger partial charge in [-0.25, -0.2) is 0 Å². The van der Waals surface area contributed by atoms with E-state index in [2.05, 4.69) is 29.8 Å². The molecule has 1 aromatic rings. The first-order chi connectivity index (χ1) is 8.20. The predicted molar refractivity (Wildman–Crippen MR) is 67.6 cm³/mol. The lowest BCUT2D eigenvalue weighted by Gasteiger charge is -2.39. The highest BCUT2D eigenvalue weighted by Gasteiger charge is 2.28. The predicted octanol–water partition coefficient (Wildman–Crippen LogP) is 1.19. The van der Waals surface area contributed by atoms with Crippen LogP contribution in [0.25, 0.3) is 0 Å². The van der Waals surface area contributed by atoms with Gasteiger partial charge < -0.3 is 10.5 Å². The molecule has 3 atom stereocenters. The van der Waals surface area contributed by atoms with Crippen molar-refractivity contribution in [1.29, 1.82) is 0 Å². The van der Waals surface area contributed by atoms with E-state index in [-0.39, 0.29) is 18.2 Å². The number of nitrogens with two attached hydrogens (primary N) is 1. The van der Waals surface area contributed by atoms with Crippen molar-refractivity contribution in [2.24, 2.45) is 5.73 Å². The van der Waals surface area contributed by atoms with Crippen molar-refractivity contribution in [3.63, 3.8) is 0 Å². The Labute approximate surface area is 103 Å². The fourth-order valence-corrected chi connectivity index (χ4v) is 2.54. The minimum atomic E-state index is 0.248. The van der Waals surface area contributed by atoms with E-state index in [1.54, 1.807) is 6.20 Å². The maximum atomic E-state index is 5.92. The second-order valence-corrected chi connectivity index (χ2v) is 4.75. The minimum Gasteiger partial charge on any atom is -0.373 e. The van der Waals surface area contributed by atoms with Gasteiger partial charge in [-0.15, -0.1) is 0 Å². The normalized spacial score (nSPS) is 27.9. The molecule has 2 rings (SSSR count). The van der Waals surface area contributed by atoms with Crippen molar-refractivity contribution in [3.05, 3.63) is 30.1 Å². The zero-order valence-corrected chi connectivity index (χ0v) is 10.5. The van der Waals surface area contributed by atoms with Gasteiger partial charge in [0.2, 0.25) is 0 Å². The van der Waals surface area contributed by atoms with Gasteiger partial charge in [0.25, 0.3) is 0 Å². The Balaban J connectivity index is 2.13. The van der Waals surface area contributed by atoms with Crippen molar-refractivity contribution >= 4 is 0 Å². The third kappa shape index (κ3) is 3.03. The van der Waals surface area contributed by atoms with Crippen molar-refractivity contribution in [2.45, 2.75) is 32.1 Å². The van der Waals surface area contributed by atoms with Crippen LogP contribution < -0.4 is 5.73 Å². The van der Waals surface area contributed by atoms with E-state index >= 15 is 0 Å². The first-order valence-corrected chi connectivity index (χ1v) is 6.20. The molecule has 0 spiro atoms. The second kappa shape index (κ2) is 5.58. The van der Waals surface area contributed by atoms with Gasteiger partial charge in [-0.2, -0.15) is 0 Å². The Hall–Kier alpha value is -0.970. The maximum Gasteiger partial charge on any atom is 0.0678 e. The van der Waals surface area contributed by atoms with Gasteiger partial charge in [0.05, 0.1) is 12.2 Å². The highest BCUT2D eigenvalue weighted by atomic mass is 16.5. The molecular weight excluding hydrogens is 214 g/mol. The number of aromatic nitrogens is 1. The van der Waals surface area contributed by atoms with Crippen LogP contribution >= 0.6 is 0 Å². The number of nitrogens with zero attached hydrogens (tertiary/aromatic N) is 2. The van der Waals surface area contributed by atoms with Gasteiger partial charge in [-0.05, 0) is 25.5 Å². The molecule has 0 saturated carbocycles. The molecule has 4 heteroatoms. The van der Waals surface area contributed by atoms with Crippen LogP contribution in [-0.2, 0) is 4.74 Å². The molecule has 17 heavy (non-hydrogen) atoms. The van der Waals surface area contributed by atoms with E-state index in [1.807, 2.05) is 12.3 Å². The molecule has 2 N–H and O–H groups in total. The van der Waals surface area contributed by atoms with E-state index in [0.717, 1.165) is 13.1 Å². The van der Waals surface area contributed by atoms with E-state index in [0.29, 0.717) is 6.54 Å². The minimum absolute atomic E-state index is 0.248. The largest absolute Gasteiger partial charge is 0.373 e. The summed E-state index contributed by atoms with van der Waals surface area (Å²) < 4.78 is 5.75. The molecule has 0 aliphatic carbocycles. The summed E-state index contributed by atoms with van der Waals surface area (Å²) in [5.74, 6) is 0. The molecule has 0 aromatic carbocycles. The Morgan fingerprint density at radius 3 is 2.71 bits per heavy atom. The summed E-state index contributed by atoms with van der Waals surface area (Å²) in [5.41, 5.74) is 7.11. The van der Waals surface area contributed by atoms with Crippen molar-refractivity contribution in [2.75, 3.05) is 19.6 Å². The van der Waals surface area contributed by atoms with Crippen molar-refractivity contribution in [3.8, 4) is 0 Å². The Kier molecular flexibility index (Phi) is 4.10. The summed E-state index contributed by atoms with van der Waals surface area (Å²) in [6, 6.07) is 4.30. The molecule has 0 amide bonds. The zero-order chi connectivity index (χ0) is 12.3. The first-order valence-electron chi connectivity index (χ1n) is 6.20. The van der Waals surface area contributed by atoms with Gasteiger partial charge in [0.1, 0.15) is 0 Å². The molecule has 1 fully saturated rings. The van der Waals surface area contributed by atoms with Crippen LogP contribution in [0.15, 0.2) is 24.5 Å². The number of pyridine rings is 1. The van der Waals surface area contributed by atoms with Crippen LogP contribution in [0.4, 0.5) is 0 Å². The molecule has 1 aliphatic rings. The highest BCUT2D eigenvalue weighted by molar-refractivity contribution is 5.14. The third-order valence-corrected chi connectivity index (χ3v) is 3.18. The number of hydrogen-bond donors (Lipinski definition) is 1. The number of rotatable bonds is 3. The van der Waals surface area contributed by atoms with E-state index in [9.17, 15) is 0 Å². The first kappa shape index (κ1) is 12.5. The average molecular weight is 235 g/mol. The SMILES string of the molecule is CC1CN(C(CN)c2cccnc2)CC(C)O1. The van der Waals surface area contributed by atoms with Crippen LogP contribution in [0.1, 0.15) is 25.5 Å². The summed E-state index contributed by atoms with van der Waals surface area (Å²) >= 11 is 0. The number of ether oxygens (including phenoxy) is 1. The summed E-state index contributed by atoms with van der Waals surface area (Å²) in [7, 11) is 0. The van der Waals surface area contributed by atoms with Crippen LogP contribution in [0.3, 0.4) is 0 Å². The molecule has 3 unspecified atom stereocenters. The lowest BCUT2D eigenvalue weighted by Crippen LogP contribution is -2.48. The van der Waals surface area contributed by atoms with Gasteiger partial charge in [-0.3, -0.25) is 9.88 Å². The van der Waals surface area contributed by atoms with Crippen LogP contribution in [0.2, 0.25) is 0 Å². The average Bonchev–Trinajstić information content (AvgIpc) is 2.30. The molecule has 4 nitrogen and oxygen atoms in total. The summed E-state index contributed by atoms with van der Waals surface area (Å²) in [6.07, 6.45) is 4.23. The molecule has 1 aliphatic heterocycles. The lowest BCUT2D eigenvalue weighted by atomic mass is 10.1. The van der Waals surface area contributed by atoms with Crippen molar-refractivity contribution < 1.29 is 4.74 Å². The van der Waals surface area contributed by atoms with Gasteiger partial charge >= 0.3 is 0 Å². The fourth-order valence-electron chi connectivity index (χ4n) is 2.54.